The first-order valence-corrected chi connectivity index (χ1v) is 7.57. The Morgan fingerprint density at radius 1 is 1.21 bits per heavy atom. The van der Waals surface area contributed by atoms with Crippen molar-refractivity contribution in [2.75, 3.05) is 0 Å². The molecule has 0 saturated carbocycles. The minimum atomic E-state index is 0.558. The molecule has 2 nitrogen and oxygen atoms in total. The third-order valence-electron chi connectivity index (χ3n) is 3.50. The van der Waals surface area contributed by atoms with Crippen LogP contribution in [0.3, 0.4) is 0 Å². The van der Waals surface area contributed by atoms with Crippen LogP contribution in [0.5, 0.6) is 5.75 Å². The molecule has 0 bridgehead atoms. The fraction of sp³-hybridized carbons (Fsp3) is 0.438. The van der Waals surface area contributed by atoms with Gasteiger partial charge in [-0.05, 0) is 43.9 Å². The van der Waals surface area contributed by atoms with Gasteiger partial charge in [0.2, 0.25) is 0 Å². The van der Waals surface area contributed by atoms with Crippen molar-refractivity contribution >= 4 is 11.3 Å². The van der Waals surface area contributed by atoms with E-state index in [2.05, 4.69) is 50.0 Å². The van der Waals surface area contributed by atoms with Crippen molar-refractivity contribution in [2.45, 2.75) is 46.6 Å². The van der Waals surface area contributed by atoms with E-state index < -0.39 is 0 Å². The van der Waals surface area contributed by atoms with Gasteiger partial charge in [0, 0.05) is 4.88 Å². The van der Waals surface area contributed by atoms with Gasteiger partial charge in [-0.2, -0.15) is 0 Å². The standard InChI is InChI=1S/C16H21NOS/c1-5-11(2)14-6-8-15(9-7-14)18-10-16-17-12(3)13(4)19-16/h6-9,11H,5,10H2,1-4H3. The van der Waals surface area contributed by atoms with Crippen LogP contribution in [-0.2, 0) is 6.61 Å². The molecule has 1 heterocycles. The van der Waals surface area contributed by atoms with E-state index in [1.54, 1.807) is 11.3 Å². The number of ether oxygens (including phenoxy) is 1. The summed E-state index contributed by atoms with van der Waals surface area (Å²) in [6, 6.07) is 8.41. The summed E-state index contributed by atoms with van der Waals surface area (Å²) >= 11 is 1.71. The van der Waals surface area contributed by atoms with Crippen LogP contribution in [0.15, 0.2) is 24.3 Å². The Bertz CT molecular complexity index is 511. The molecule has 0 N–H and O–H groups in total. The lowest BCUT2D eigenvalue weighted by molar-refractivity contribution is 0.305. The highest BCUT2D eigenvalue weighted by atomic mass is 32.1. The third-order valence-corrected chi connectivity index (χ3v) is 4.54. The first-order valence-electron chi connectivity index (χ1n) is 6.75. The van der Waals surface area contributed by atoms with Gasteiger partial charge in [0.15, 0.2) is 0 Å². The Labute approximate surface area is 119 Å². The summed E-state index contributed by atoms with van der Waals surface area (Å²) in [6.07, 6.45) is 1.16. The monoisotopic (exact) mass is 275 g/mol. The van der Waals surface area contributed by atoms with Crippen LogP contribution in [0.4, 0.5) is 0 Å². The topological polar surface area (TPSA) is 22.1 Å². The van der Waals surface area contributed by atoms with Crippen molar-refractivity contribution in [1.82, 2.24) is 4.98 Å². The largest absolute Gasteiger partial charge is 0.486 e. The molecule has 0 aliphatic heterocycles. The van der Waals surface area contributed by atoms with Crippen molar-refractivity contribution in [3.63, 3.8) is 0 Å². The van der Waals surface area contributed by atoms with Crippen LogP contribution in [0.25, 0.3) is 0 Å². The van der Waals surface area contributed by atoms with Crippen LogP contribution in [0.1, 0.15) is 47.3 Å². The summed E-state index contributed by atoms with van der Waals surface area (Å²) < 4.78 is 5.78. The predicted octanol–water partition coefficient (Wildman–Crippen LogP) is 4.85. The van der Waals surface area contributed by atoms with E-state index in [0.717, 1.165) is 22.9 Å². The third kappa shape index (κ3) is 3.57. The van der Waals surface area contributed by atoms with Gasteiger partial charge in [-0.3, -0.25) is 0 Å². The lowest BCUT2D eigenvalue weighted by atomic mass is 9.99. The zero-order valence-corrected chi connectivity index (χ0v) is 12.9. The maximum atomic E-state index is 5.78. The van der Waals surface area contributed by atoms with Crippen LogP contribution in [0, 0.1) is 13.8 Å². The average molecular weight is 275 g/mol. The number of nitrogens with zero attached hydrogens (tertiary/aromatic N) is 1. The van der Waals surface area contributed by atoms with Gasteiger partial charge >= 0.3 is 0 Å². The number of aryl methyl sites for hydroxylation is 2. The van der Waals surface area contributed by atoms with Crippen LogP contribution < -0.4 is 4.74 Å². The summed E-state index contributed by atoms with van der Waals surface area (Å²) in [7, 11) is 0. The molecule has 0 aliphatic carbocycles. The molecular weight excluding hydrogens is 254 g/mol. The number of thiazole rings is 1. The molecule has 0 spiro atoms. The van der Waals surface area contributed by atoms with E-state index in [-0.39, 0.29) is 0 Å². The van der Waals surface area contributed by atoms with Crippen LogP contribution in [-0.4, -0.2) is 4.98 Å². The Hall–Kier alpha value is -1.35. The molecule has 1 atom stereocenters. The van der Waals surface area contributed by atoms with Gasteiger partial charge in [-0.1, -0.05) is 26.0 Å². The first kappa shape index (κ1) is 14.1. The van der Waals surface area contributed by atoms with E-state index in [1.165, 1.54) is 10.4 Å². The van der Waals surface area contributed by atoms with Crippen molar-refractivity contribution in [2.24, 2.45) is 0 Å². The molecule has 0 aliphatic rings. The van der Waals surface area contributed by atoms with Gasteiger partial charge in [0.1, 0.15) is 17.4 Å². The molecule has 1 unspecified atom stereocenters. The van der Waals surface area contributed by atoms with E-state index in [9.17, 15) is 0 Å². The van der Waals surface area contributed by atoms with Crippen molar-refractivity contribution in [3.8, 4) is 5.75 Å². The smallest absolute Gasteiger partial charge is 0.140 e. The molecule has 0 fully saturated rings. The molecule has 1 aromatic heterocycles. The molecule has 1 aromatic carbocycles. The van der Waals surface area contributed by atoms with Gasteiger partial charge in [-0.15, -0.1) is 11.3 Å². The lowest BCUT2D eigenvalue weighted by Crippen LogP contribution is -1.96. The second-order valence-corrected chi connectivity index (χ2v) is 6.20. The molecule has 2 rings (SSSR count). The number of rotatable bonds is 5. The second kappa shape index (κ2) is 6.20. The number of benzene rings is 1. The van der Waals surface area contributed by atoms with Crippen molar-refractivity contribution in [3.05, 3.63) is 45.4 Å². The SMILES string of the molecule is CCC(C)c1ccc(OCc2nc(C)c(C)s2)cc1. The number of hydrogen-bond donors (Lipinski definition) is 0. The zero-order valence-electron chi connectivity index (χ0n) is 12.1. The van der Waals surface area contributed by atoms with E-state index in [1.807, 2.05) is 6.92 Å². The van der Waals surface area contributed by atoms with Gasteiger partial charge in [0.05, 0.1) is 5.69 Å². The molecule has 3 heteroatoms. The predicted molar refractivity (Wildman–Crippen MR) is 81.1 cm³/mol. The van der Waals surface area contributed by atoms with E-state index >= 15 is 0 Å². The highest BCUT2D eigenvalue weighted by Crippen LogP contribution is 2.23. The molecule has 0 amide bonds. The van der Waals surface area contributed by atoms with Gasteiger partial charge < -0.3 is 4.74 Å². The Morgan fingerprint density at radius 2 is 1.89 bits per heavy atom. The Morgan fingerprint density at radius 3 is 2.42 bits per heavy atom. The molecule has 0 radical (unpaired) electrons. The fourth-order valence-electron chi connectivity index (χ4n) is 1.87. The van der Waals surface area contributed by atoms with Crippen LogP contribution in [0.2, 0.25) is 0 Å². The fourth-order valence-corrected chi connectivity index (χ4v) is 2.72. The average Bonchev–Trinajstić information content (AvgIpc) is 2.75. The van der Waals surface area contributed by atoms with E-state index in [0.29, 0.717) is 12.5 Å². The minimum absolute atomic E-state index is 0.558. The maximum absolute atomic E-state index is 5.78. The summed E-state index contributed by atoms with van der Waals surface area (Å²) in [5, 5.41) is 1.04. The Kier molecular flexibility index (Phi) is 4.59. The minimum Gasteiger partial charge on any atom is -0.486 e. The molecule has 102 valence electrons. The number of hydrogen-bond acceptors (Lipinski definition) is 3. The van der Waals surface area contributed by atoms with Gasteiger partial charge in [0.25, 0.3) is 0 Å². The maximum Gasteiger partial charge on any atom is 0.140 e. The molecule has 19 heavy (non-hydrogen) atoms. The summed E-state index contributed by atoms with van der Waals surface area (Å²) in [4.78, 5) is 5.75. The number of aromatic nitrogens is 1. The lowest BCUT2D eigenvalue weighted by Gasteiger charge is -2.10. The highest BCUT2D eigenvalue weighted by molar-refractivity contribution is 7.11. The summed E-state index contributed by atoms with van der Waals surface area (Å²) in [5.74, 6) is 1.52. The van der Waals surface area contributed by atoms with Gasteiger partial charge in [-0.25, -0.2) is 4.98 Å². The first-order chi connectivity index (χ1) is 9.10. The molecular formula is C16H21NOS. The van der Waals surface area contributed by atoms with Crippen molar-refractivity contribution in [1.29, 1.82) is 0 Å². The van der Waals surface area contributed by atoms with E-state index in [4.69, 9.17) is 4.74 Å². The molecule has 0 saturated heterocycles. The Balaban J connectivity index is 1.96. The van der Waals surface area contributed by atoms with Crippen LogP contribution >= 0.6 is 11.3 Å². The summed E-state index contributed by atoms with van der Waals surface area (Å²) in [6.45, 7) is 9.15. The second-order valence-electron chi connectivity index (χ2n) is 4.92. The molecule has 2 aromatic rings. The normalized spacial score (nSPS) is 12.4. The highest BCUT2D eigenvalue weighted by Gasteiger charge is 2.05. The quantitative estimate of drug-likeness (QED) is 0.778. The summed E-state index contributed by atoms with van der Waals surface area (Å²) in [5.41, 5.74) is 2.48. The zero-order chi connectivity index (χ0) is 13.8. The van der Waals surface area contributed by atoms with Crippen molar-refractivity contribution < 1.29 is 4.74 Å².